The molecule has 0 aromatic carbocycles. The van der Waals surface area contributed by atoms with E-state index in [0.29, 0.717) is 6.10 Å². The molecule has 1 aliphatic heterocycles. The molecule has 2 rings (SSSR count). The fourth-order valence-electron chi connectivity index (χ4n) is 3.66. The summed E-state index contributed by atoms with van der Waals surface area (Å²) in [4.78, 5) is 2.53. The minimum Gasteiger partial charge on any atom is -0.378 e. The normalized spacial score (nSPS) is 32.4. The van der Waals surface area contributed by atoms with Crippen molar-refractivity contribution in [2.75, 3.05) is 26.7 Å². The van der Waals surface area contributed by atoms with Gasteiger partial charge >= 0.3 is 0 Å². The summed E-state index contributed by atoms with van der Waals surface area (Å²) < 4.78 is 6.13. The van der Waals surface area contributed by atoms with E-state index in [1.165, 1.54) is 70.9 Å². The molecule has 0 bridgehead atoms. The van der Waals surface area contributed by atoms with Crippen LogP contribution in [0.15, 0.2) is 0 Å². The highest BCUT2D eigenvalue weighted by Gasteiger charge is 2.22. The molecule has 118 valence electrons. The lowest BCUT2D eigenvalue weighted by atomic mass is 9.93. The van der Waals surface area contributed by atoms with E-state index < -0.39 is 0 Å². The second-order valence-electron chi connectivity index (χ2n) is 6.72. The predicted molar refractivity (Wildman–Crippen MR) is 85.2 cm³/mol. The van der Waals surface area contributed by atoms with Gasteiger partial charge in [0.1, 0.15) is 0 Å². The average molecular weight is 282 g/mol. The molecule has 20 heavy (non-hydrogen) atoms. The predicted octanol–water partition coefficient (Wildman–Crippen LogP) is 3.19. The van der Waals surface area contributed by atoms with Crippen LogP contribution in [-0.4, -0.2) is 49.8 Å². The topological polar surface area (TPSA) is 24.5 Å². The molecule has 3 nitrogen and oxygen atoms in total. The van der Waals surface area contributed by atoms with Gasteiger partial charge in [-0.15, -0.1) is 0 Å². The van der Waals surface area contributed by atoms with Gasteiger partial charge in [0.2, 0.25) is 0 Å². The van der Waals surface area contributed by atoms with E-state index in [1.807, 2.05) is 0 Å². The molecule has 2 aliphatic rings. The first kappa shape index (κ1) is 16.3. The Morgan fingerprint density at radius 1 is 1.10 bits per heavy atom. The maximum atomic E-state index is 6.13. The third kappa shape index (κ3) is 5.34. The second kappa shape index (κ2) is 9.01. The molecule has 0 radical (unpaired) electrons. The first-order chi connectivity index (χ1) is 9.79. The van der Waals surface area contributed by atoms with E-state index in [9.17, 15) is 0 Å². The summed E-state index contributed by atoms with van der Waals surface area (Å²) >= 11 is 0. The zero-order valence-corrected chi connectivity index (χ0v) is 13.6. The van der Waals surface area contributed by atoms with E-state index in [1.54, 1.807) is 0 Å². The molecular weight excluding hydrogens is 248 g/mol. The average Bonchev–Trinajstić information content (AvgIpc) is 2.48. The Morgan fingerprint density at radius 2 is 1.90 bits per heavy atom. The van der Waals surface area contributed by atoms with Crippen LogP contribution in [0.3, 0.4) is 0 Å². The quantitative estimate of drug-likeness (QED) is 0.776. The number of rotatable bonds is 7. The first-order valence-corrected chi connectivity index (χ1v) is 8.84. The monoisotopic (exact) mass is 282 g/mol. The van der Waals surface area contributed by atoms with Crippen LogP contribution < -0.4 is 5.32 Å². The lowest BCUT2D eigenvalue weighted by Gasteiger charge is -2.33. The Morgan fingerprint density at radius 3 is 2.60 bits per heavy atom. The Hall–Kier alpha value is -0.120. The number of likely N-dealkylation sites (tertiary alicyclic amines) is 1. The lowest BCUT2D eigenvalue weighted by molar-refractivity contribution is 0.00906. The van der Waals surface area contributed by atoms with E-state index in [0.717, 1.165) is 18.7 Å². The fraction of sp³-hybridized carbons (Fsp3) is 1.00. The zero-order valence-electron chi connectivity index (χ0n) is 13.6. The summed E-state index contributed by atoms with van der Waals surface area (Å²) in [5, 5.41) is 3.64. The fourth-order valence-corrected chi connectivity index (χ4v) is 3.66. The SMILES string of the molecule is CCCNC1CCC(OCCC2CCCCN2C)CC1. The van der Waals surface area contributed by atoms with Gasteiger partial charge in [0.15, 0.2) is 0 Å². The maximum Gasteiger partial charge on any atom is 0.0576 e. The van der Waals surface area contributed by atoms with E-state index in [2.05, 4.69) is 24.2 Å². The molecule has 1 atom stereocenters. The number of nitrogens with one attached hydrogen (secondary N) is 1. The van der Waals surface area contributed by atoms with Crippen molar-refractivity contribution in [2.45, 2.75) is 82.9 Å². The number of hydrogen-bond donors (Lipinski definition) is 1. The molecule has 0 aromatic heterocycles. The van der Waals surface area contributed by atoms with E-state index >= 15 is 0 Å². The number of hydrogen-bond acceptors (Lipinski definition) is 3. The molecule has 1 N–H and O–H groups in total. The van der Waals surface area contributed by atoms with Crippen LogP contribution in [0.2, 0.25) is 0 Å². The molecule has 0 spiro atoms. The summed E-state index contributed by atoms with van der Waals surface area (Å²) in [6.07, 6.45) is 12.3. The number of nitrogens with zero attached hydrogens (tertiary/aromatic N) is 1. The highest BCUT2D eigenvalue weighted by atomic mass is 16.5. The Labute approximate surface area is 125 Å². The second-order valence-corrected chi connectivity index (χ2v) is 6.72. The van der Waals surface area contributed by atoms with Crippen LogP contribution in [0.1, 0.15) is 64.7 Å². The molecule has 2 fully saturated rings. The Kier molecular flexibility index (Phi) is 7.32. The summed E-state index contributed by atoms with van der Waals surface area (Å²) in [5.41, 5.74) is 0. The smallest absolute Gasteiger partial charge is 0.0576 e. The molecule has 1 saturated carbocycles. The van der Waals surface area contributed by atoms with Crippen molar-refractivity contribution in [3.8, 4) is 0 Å². The first-order valence-electron chi connectivity index (χ1n) is 8.84. The molecule has 0 amide bonds. The van der Waals surface area contributed by atoms with Crippen LogP contribution in [0.4, 0.5) is 0 Å². The van der Waals surface area contributed by atoms with Gasteiger partial charge in [-0.05, 0) is 71.5 Å². The number of ether oxygens (including phenoxy) is 1. The van der Waals surface area contributed by atoms with Crippen LogP contribution in [-0.2, 0) is 4.74 Å². The molecule has 1 heterocycles. The molecule has 1 aliphatic carbocycles. The summed E-state index contributed by atoms with van der Waals surface area (Å²) in [6.45, 7) is 5.65. The highest BCUT2D eigenvalue weighted by molar-refractivity contribution is 4.78. The maximum absolute atomic E-state index is 6.13. The third-order valence-electron chi connectivity index (χ3n) is 5.08. The molecule has 3 heteroatoms. The largest absolute Gasteiger partial charge is 0.378 e. The van der Waals surface area contributed by atoms with Gasteiger partial charge in [0, 0.05) is 18.7 Å². The molecule has 0 aromatic rings. The van der Waals surface area contributed by atoms with E-state index in [4.69, 9.17) is 4.74 Å². The Bertz CT molecular complexity index is 251. The van der Waals surface area contributed by atoms with Crippen molar-refractivity contribution in [3.63, 3.8) is 0 Å². The zero-order chi connectivity index (χ0) is 14.2. The highest BCUT2D eigenvalue weighted by Crippen LogP contribution is 2.23. The lowest BCUT2D eigenvalue weighted by Crippen LogP contribution is -2.38. The van der Waals surface area contributed by atoms with Gasteiger partial charge < -0.3 is 15.0 Å². The summed E-state index contributed by atoms with van der Waals surface area (Å²) in [5.74, 6) is 0. The van der Waals surface area contributed by atoms with Crippen LogP contribution in [0.25, 0.3) is 0 Å². The van der Waals surface area contributed by atoms with Crippen molar-refractivity contribution >= 4 is 0 Å². The van der Waals surface area contributed by atoms with E-state index in [-0.39, 0.29) is 0 Å². The van der Waals surface area contributed by atoms with Crippen molar-refractivity contribution in [1.82, 2.24) is 10.2 Å². The van der Waals surface area contributed by atoms with Crippen LogP contribution >= 0.6 is 0 Å². The van der Waals surface area contributed by atoms with Crippen molar-refractivity contribution in [1.29, 1.82) is 0 Å². The van der Waals surface area contributed by atoms with Crippen LogP contribution in [0, 0.1) is 0 Å². The van der Waals surface area contributed by atoms with Crippen molar-refractivity contribution < 1.29 is 4.74 Å². The third-order valence-corrected chi connectivity index (χ3v) is 5.08. The minimum absolute atomic E-state index is 0.531. The van der Waals surface area contributed by atoms with Gasteiger partial charge in [-0.25, -0.2) is 0 Å². The van der Waals surface area contributed by atoms with Crippen LogP contribution in [0.5, 0.6) is 0 Å². The van der Waals surface area contributed by atoms with Gasteiger partial charge in [-0.2, -0.15) is 0 Å². The van der Waals surface area contributed by atoms with Gasteiger partial charge in [0.25, 0.3) is 0 Å². The minimum atomic E-state index is 0.531. The molecule has 1 saturated heterocycles. The number of piperidine rings is 1. The summed E-state index contributed by atoms with van der Waals surface area (Å²) in [6, 6.07) is 1.52. The molecule has 1 unspecified atom stereocenters. The van der Waals surface area contributed by atoms with Gasteiger partial charge in [-0.3, -0.25) is 0 Å². The van der Waals surface area contributed by atoms with Crippen molar-refractivity contribution in [3.05, 3.63) is 0 Å². The standard InChI is InChI=1S/C17H34N2O/c1-3-12-18-15-7-9-17(10-8-15)20-14-11-16-6-4-5-13-19(16)2/h15-18H,3-14H2,1-2H3. The van der Waals surface area contributed by atoms with Crippen molar-refractivity contribution in [2.24, 2.45) is 0 Å². The summed E-state index contributed by atoms with van der Waals surface area (Å²) in [7, 11) is 2.27. The van der Waals surface area contributed by atoms with Gasteiger partial charge in [0.05, 0.1) is 6.10 Å². The molecular formula is C17H34N2O. The van der Waals surface area contributed by atoms with Gasteiger partial charge in [-0.1, -0.05) is 13.3 Å². The Balaban J connectivity index is 1.54.